The SMILES string of the molecule is CCC(C)NC(=O)CN1CCN(S(=O)(=O)c2ccc(Cl)nc2)CC1. The molecule has 0 radical (unpaired) electrons. The van der Waals surface area contributed by atoms with Crippen molar-refractivity contribution >= 4 is 27.5 Å². The van der Waals surface area contributed by atoms with Crippen LogP contribution in [-0.2, 0) is 14.8 Å². The van der Waals surface area contributed by atoms with E-state index in [4.69, 9.17) is 11.6 Å². The molecule has 1 N–H and O–H groups in total. The standard InChI is InChI=1S/C15H23ClN4O3S/c1-3-12(2)18-15(21)11-19-6-8-20(9-7-19)24(22,23)13-4-5-14(16)17-10-13/h4-5,10,12H,3,6-9,11H2,1-2H3,(H,18,21). The second kappa shape index (κ2) is 8.24. The molecule has 0 spiro atoms. The molecule has 1 aliphatic heterocycles. The van der Waals surface area contributed by atoms with E-state index < -0.39 is 10.0 Å². The monoisotopic (exact) mass is 374 g/mol. The topological polar surface area (TPSA) is 82.6 Å². The van der Waals surface area contributed by atoms with Gasteiger partial charge in [0.05, 0.1) is 6.54 Å². The van der Waals surface area contributed by atoms with E-state index in [0.717, 1.165) is 6.42 Å². The fourth-order valence-corrected chi connectivity index (χ4v) is 3.90. The van der Waals surface area contributed by atoms with Gasteiger partial charge in [-0.1, -0.05) is 18.5 Å². The van der Waals surface area contributed by atoms with Crippen molar-refractivity contribution in [3.05, 3.63) is 23.5 Å². The molecular formula is C15H23ClN4O3S. The van der Waals surface area contributed by atoms with Crippen molar-refractivity contribution in [1.29, 1.82) is 0 Å². The Morgan fingerprint density at radius 3 is 2.54 bits per heavy atom. The molecule has 1 atom stereocenters. The molecular weight excluding hydrogens is 352 g/mol. The molecule has 0 bridgehead atoms. The summed E-state index contributed by atoms with van der Waals surface area (Å²) < 4.78 is 26.5. The lowest BCUT2D eigenvalue weighted by molar-refractivity contribution is -0.123. The summed E-state index contributed by atoms with van der Waals surface area (Å²) in [5.41, 5.74) is 0. The van der Waals surface area contributed by atoms with E-state index in [1.54, 1.807) is 0 Å². The summed E-state index contributed by atoms with van der Waals surface area (Å²) in [7, 11) is -3.57. The molecule has 7 nitrogen and oxygen atoms in total. The van der Waals surface area contributed by atoms with Gasteiger partial charge in [0.15, 0.2) is 0 Å². The highest BCUT2D eigenvalue weighted by atomic mass is 35.5. The van der Waals surface area contributed by atoms with E-state index in [1.807, 2.05) is 18.7 Å². The van der Waals surface area contributed by atoms with Gasteiger partial charge in [-0.25, -0.2) is 13.4 Å². The first-order valence-electron chi connectivity index (χ1n) is 7.96. The average molecular weight is 375 g/mol. The van der Waals surface area contributed by atoms with Gasteiger partial charge in [-0.3, -0.25) is 9.69 Å². The number of rotatable bonds is 6. The first-order chi connectivity index (χ1) is 11.3. The second-order valence-electron chi connectivity index (χ2n) is 5.87. The number of carbonyl (C=O) groups is 1. The molecule has 1 aliphatic rings. The highest BCUT2D eigenvalue weighted by Crippen LogP contribution is 2.18. The molecule has 134 valence electrons. The van der Waals surface area contributed by atoms with Crippen LogP contribution in [0.1, 0.15) is 20.3 Å². The van der Waals surface area contributed by atoms with Gasteiger partial charge >= 0.3 is 0 Å². The van der Waals surface area contributed by atoms with Crippen LogP contribution >= 0.6 is 11.6 Å². The van der Waals surface area contributed by atoms with E-state index in [9.17, 15) is 13.2 Å². The number of piperazine rings is 1. The lowest BCUT2D eigenvalue weighted by atomic mass is 10.2. The molecule has 9 heteroatoms. The molecule has 1 unspecified atom stereocenters. The minimum atomic E-state index is -3.57. The maximum Gasteiger partial charge on any atom is 0.244 e. The van der Waals surface area contributed by atoms with Gasteiger partial charge in [0, 0.05) is 38.4 Å². The molecule has 1 aromatic heterocycles. The zero-order chi connectivity index (χ0) is 17.7. The van der Waals surface area contributed by atoms with Gasteiger partial charge in [0.2, 0.25) is 15.9 Å². The van der Waals surface area contributed by atoms with E-state index in [0.29, 0.717) is 32.7 Å². The predicted molar refractivity (Wildman–Crippen MR) is 92.3 cm³/mol. The minimum absolute atomic E-state index is 0.0254. The maximum absolute atomic E-state index is 12.6. The van der Waals surface area contributed by atoms with Crippen molar-refractivity contribution in [2.75, 3.05) is 32.7 Å². The first-order valence-corrected chi connectivity index (χ1v) is 9.78. The van der Waals surface area contributed by atoms with E-state index in [-0.39, 0.29) is 22.0 Å². The van der Waals surface area contributed by atoms with Gasteiger partial charge in [-0.15, -0.1) is 0 Å². The number of halogens is 1. The quantitative estimate of drug-likeness (QED) is 0.750. The normalized spacial score (nSPS) is 18.3. The Morgan fingerprint density at radius 2 is 2.00 bits per heavy atom. The smallest absolute Gasteiger partial charge is 0.244 e. The Hall–Kier alpha value is -1.22. The van der Waals surface area contributed by atoms with E-state index >= 15 is 0 Å². The third-order valence-corrected chi connectivity index (χ3v) is 6.16. The van der Waals surface area contributed by atoms with Crippen LogP contribution < -0.4 is 5.32 Å². The number of carbonyl (C=O) groups excluding carboxylic acids is 1. The van der Waals surface area contributed by atoms with Crippen molar-refractivity contribution in [3.8, 4) is 0 Å². The van der Waals surface area contributed by atoms with Crippen LogP contribution in [0.5, 0.6) is 0 Å². The van der Waals surface area contributed by atoms with Crippen LogP contribution in [0.15, 0.2) is 23.2 Å². The van der Waals surface area contributed by atoms with Crippen molar-refractivity contribution in [3.63, 3.8) is 0 Å². The fraction of sp³-hybridized carbons (Fsp3) is 0.600. The summed E-state index contributed by atoms with van der Waals surface area (Å²) in [4.78, 5) is 17.8. The van der Waals surface area contributed by atoms with Crippen molar-refractivity contribution < 1.29 is 13.2 Å². The van der Waals surface area contributed by atoms with E-state index in [2.05, 4.69) is 10.3 Å². The van der Waals surface area contributed by atoms with Crippen molar-refractivity contribution in [2.45, 2.75) is 31.2 Å². The van der Waals surface area contributed by atoms with Gasteiger partial charge < -0.3 is 5.32 Å². The fourth-order valence-electron chi connectivity index (χ4n) is 2.42. The van der Waals surface area contributed by atoms with Crippen LogP contribution in [0.25, 0.3) is 0 Å². The van der Waals surface area contributed by atoms with Gasteiger partial charge in [-0.2, -0.15) is 4.31 Å². The number of hydrogen-bond acceptors (Lipinski definition) is 5. The van der Waals surface area contributed by atoms with Crippen LogP contribution in [0, 0.1) is 0 Å². The second-order valence-corrected chi connectivity index (χ2v) is 8.20. The minimum Gasteiger partial charge on any atom is -0.353 e. The number of pyridine rings is 1. The Labute approximate surface area is 148 Å². The summed E-state index contributed by atoms with van der Waals surface area (Å²) in [5.74, 6) is -0.0254. The average Bonchev–Trinajstić information content (AvgIpc) is 2.55. The van der Waals surface area contributed by atoms with Gasteiger partial charge in [0.1, 0.15) is 10.0 Å². The van der Waals surface area contributed by atoms with Crippen LogP contribution in [0.3, 0.4) is 0 Å². The third kappa shape index (κ3) is 4.89. The number of sulfonamides is 1. The molecule has 1 amide bonds. The predicted octanol–water partition coefficient (Wildman–Crippen LogP) is 0.956. The maximum atomic E-state index is 12.6. The van der Waals surface area contributed by atoms with Crippen LogP contribution in [-0.4, -0.2) is 67.3 Å². The number of hydrogen-bond donors (Lipinski definition) is 1. The summed E-state index contributed by atoms with van der Waals surface area (Å²) in [6.45, 7) is 6.01. The lowest BCUT2D eigenvalue weighted by Gasteiger charge is -2.33. The van der Waals surface area contributed by atoms with Crippen LogP contribution in [0.2, 0.25) is 5.15 Å². The highest BCUT2D eigenvalue weighted by Gasteiger charge is 2.29. The molecule has 24 heavy (non-hydrogen) atoms. The summed E-state index contributed by atoms with van der Waals surface area (Å²) in [5, 5.41) is 3.17. The Kier molecular flexibility index (Phi) is 6.56. The Balaban J connectivity index is 1.90. The Bertz CT molecular complexity index is 658. The molecule has 0 aromatic carbocycles. The van der Waals surface area contributed by atoms with Gasteiger partial charge in [0.25, 0.3) is 0 Å². The Morgan fingerprint density at radius 1 is 1.33 bits per heavy atom. The van der Waals surface area contributed by atoms with Crippen LogP contribution in [0.4, 0.5) is 0 Å². The van der Waals surface area contributed by atoms with Crippen molar-refractivity contribution in [1.82, 2.24) is 19.5 Å². The largest absolute Gasteiger partial charge is 0.353 e. The molecule has 0 saturated carbocycles. The molecule has 2 heterocycles. The molecule has 1 fully saturated rings. The summed E-state index contributed by atoms with van der Waals surface area (Å²) in [6, 6.07) is 3.07. The number of nitrogens with zero attached hydrogens (tertiary/aromatic N) is 3. The third-order valence-electron chi connectivity index (χ3n) is 4.06. The summed E-state index contributed by atoms with van der Waals surface area (Å²) in [6.07, 6.45) is 2.15. The molecule has 0 aliphatic carbocycles. The zero-order valence-corrected chi connectivity index (χ0v) is 15.5. The number of nitrogens with one attached hydrogen (secondary N) is 1. The highest BCUT2D eigenvalue weighted by molar-refractivity contribution is 7.89. The first kappa shape index (κ1) is 19.1. The van der Waals surface area contributed by atoms with Gasteiger partial charge in [-0.05, 0) is 25.5 Å². The number of aromatic nitrogens is 1. The zero-order valence-electron chi connectivity index (χ0n) is 13.9. The molecule has 1 aromatic rings. The van der Waals surface area contributed by atoms with E-state index in [1.165, 1.54) is 22.6 Å². The molecule has 1 saturated heterocycles. The number of amides is 1. The molecule has 2 rings (SSSR count). The van der Waals surface area contributed by atoms with Crippen molar-refractivity contribution in [2.24, 2.45) is 0 Å². The lowest BCUT2D eigenvalue weighted by Crippen LogP contribution is -2.51. The summed E-state index contributed by atoms with van der Waals surface area (Å²) >= 11 is 5.70.